The Morgan fingerprint density at radius 3 is 2.95 bits per heavy atom. The van der Waals surface area contributed by atoms with E-state index in [1.807, 2.05) is 5.38 Å². The molecule has 0 saturated heterocycles. The standard InChI is InChI=1S/C12H14N4O2S/c1-2-5-13-11-4-3-10(16(17)18)9(15-11)8-12-14-6-7-19-12/h3-4,6-7H,2,5,8H2,1H3,(H,13,15). The summed E-state index contributed by atoms with van der Waals surface area (Å²) in [4.78, 5) is 19.1. The van der Waals surface area contributed by atoms with Gasteiger partial charge in [-0.3, -0.25) is 10.1 Å². The Bertz CT molecular complexity index is 557. The zero-order valence-electron chi connectivity index (χ0n) is 10.5. The maximum absolute atomic E-state index is 11.0. The Morgan fingerprint density at radius 1 is 1.47 bits per heavy atom. The van der Waals surface area contributed by atoms with Crippen molar-refractivity contribution in [1.29, 1.82) is 0 Å². The summed E-state index contributed by atoms with van der Waals surface area (Å²) in [6.07, 6.45) is 3.04. The van der Waals surface area contributed by atoms with Crippen LogP contribution in [0.1, 0.15) is 24.0 Å². The largest absolute Gasteiger partial charge is 0.370 e. The molecule has 2 heterocycles. The van der Waals surface area contributed by atoms with Gasteiger partial charge in [-0.25, -0.2) is 9.97 Å². The highest BCUT2D eigenvalue weighted by Gasteiger charge is 2.17. The number of hydrogen-bond donors (Lipinski definition) is 1. The molecule has 0 bridgehead atoms. The first-order chi connectivity index (χ1) is 9.20. The minimum absolute atomic E-state index is 0.0391. The normalized spacial score (nSPS) is 10.4. The van der Waals surface area contributed by atoms with E-state index < -0.39 is 4.92 Å². The van der Waals surface area contributed by atoms with Crippen LogP contribution in [0.3, 0.4) is 0 Å². The molecule has 0 aliphatic heterocycles. The van der Waals surface area contributed by atoms with Gasteiger partial charge in [-0.1, -0.05) is 6.92 Å². The molecule has 0 amide bonds. The zero-order valence-corrected chi connectivity index (χ0v) is 11.3. The van der Waals surface area contributed by atoms with Gasteiger partial charge in [0.15, 0.2) is 0 Å². The number of nitrogens with zero attached hydrogens (tertiary/aromatic N) is 3. The van der Waals surface area contributed by atoms with E-state index in [2.05, 4.69) is 22.2 Å². The van der Waals surface area contributed by atoms with Gasteiger partial charge in [0.25, 0.3) is 5.69 Å². The predicted molar refractivity (Wildman–Crippen MR) is 74.6 cm³/mol. The van der Waals surface area contributed by atoms with Gasteiger partial charge >= 0.3 is 0 Å². The van der Waals surface area contributed by atoms with Gasteiger partial charge in [-0.15, -0.1) is 11.3 Å². The van der Waals surface area contributed by atoms with Gasteiger partial charge in [-0.05, 0) is 12.5 Å². The van der Waals surface area contributed by atoms with E-state index in [9.17, 15) is 10.1 Å². The fourth-order valence-corrected chi connectivity index (χ4v) is 2.25. The number of aromatic nitrogens is 2. The summed E-state index contributed by atoms with van der Waals surface area (Å²) >= 11 is 1.47. The van der Waals surface area contributed by atoms with E-state index in [0.717, 1.165) is 18.0 Å². The maximum Gasteiger partial charge on any atom is 0.291 e. The highest BCUT2D eigenvalue weighted by Crippen LogP contribution is 2.22. The second-order valence-corrected chi connectivity index (χ2v) is 4.93. The molecule has 0 aliphatic rings. The number of hydrogen-bond acceptors (Lipinski definition) is 6. The van der Waals surface area contributed by atoms with Crippen LogP contribution in [0.2, 0.25) is 0 Å². The van der Waals surface area contributed by atoms with Gasteiger partial charge in [-0.2, -0.15) is 0 Å². The van der Waals surface area contributed by atoms with Crippen LogP contribution in [-0.4, -0.2) is 21.4 Å². The smallest absolute Gasteiger partial charge is 0.291 e. The molecule has 0 unspecified atom stereocenters. The van der Waals surface area contributed by atoms with Gasteiger partial charge in [0, 0.05) is 30.6 Å². The summed E-state index contributed by atoms with van der Waals surface area (Å²) in [6.45, 7) is 2.84. The van der Waals surface area contributed by atoms with Crippen LogP contribution in [0.25, 0.3) is 0 Å². The van der Waals surface area contributed by atoms with Crippen molar-refractivity contribution in [2.24, 2.45) is 0 Å². The Labute approximate surface area is 114 Å². The molecule has 1 N–H and O–H groups in total. The van der Waals surface area contributed by atoms with Crippen LogP contribution in [-0.2, 0) is 6.42 Å². The molecule has 0 fully saturated rings. The van der Waals surface area contributed by atoms with E-state index in [-0.39, 0.29) is 5.69 Å². The Hall–Kier alpha value is -2.02. The summed E-state index contributed by atoms with van der Waals surface area (Å²) < 4.78 is 0. The number of rotatable bonds is 6. The first kappa shape index (κ1) is 13.4. The average molecular weight is 278 g/mol. The molecule has 100 valence electrons. The molecule has 19 heavy (non-hydrogen) atoms. The molecule has 0 saturated carbocycles. The molecule has 0 aromatic carbocycles. The fraction of sp³-hybridized carbons (Fsp3) is 0.333. The molecule has 7 heteroatoms. The summed E-state index contributed by atoms with van der Waals surface area (Å²) in [5.41, 5.74) is 0.485. The van der Waals surface area contributed by atoms with Crippen LogP contribution >= 0.6 is 11.3 Å². The molecular formula is C12H14N4O2S. The molecule has 2 rings (SSSR count). The van der Waals surface area contributed by atoms with E-state index in [1.54, 1.807) is 12.3 Å². The number of anilines is 1. The minimum atomic E-state index is -0.403. The number of nitro groups is 1. The topological polar surface area (TPSA) is 81.0 Å². The van der Waals surface area contributed by atoms with E-state index in [1.165, 1.54) is 17.4 Å². The van der Waals surface area contributed by atoms with Crippen molar-refractivity contribution in [2.75, 3.05) is 11.9 Å². The number of thiazole rings is 1. The van der Waals surface area contributed by atoms with E-state index >= 15 is 0 Å². The number of pyridine rings is 1. The second-order valence-electron chi connectivity index (χ2n) is 3.95. The summed E-state index contributed by atoms with van der Waals surface area (Å²) in [5, 5.41) is 16.8. The summed E-state index contributed by atoms with van der Waals surface area (Å²) in [7, 11) is 0. The Morgan fingerprint density at radius 2 is 2.32 bits per heavy atom. The van der Waals surface area contributed by atoms with Crippen LogP contribution in [0.4, 0.5) is 11.5 Å². The summed E-state index contributed by atoms with van der Waals surface area (Å²) in [5.74, 6) is 0.666. The minimum Gasteiger partial charge on any atom is -0.370 e. The first-order valence-corrected chi connectivity index (χ1v) is 6.85. The van der Waals surface area contributed by atoms with Gasteiger partial charge in [0.05, 0.1) is 9.93 Å². The van der Waals surface area contributed by atoms with Crippen molar-refractivity contribution in [3.63, 3.8) is 0 Å². The highest BCUT2D eigenvalue weighted by molar-refractivity contribution is 7.09. The van der Waals surface area contributed by atoms with Crippen molar-refractivity contribution >= 4 is 22.8 Å². The van der Waals surface area contributed by atoms with E-state index in [0.29, 0.717) is 17.9 Å². The third kappa shape index (κ3) is 3.47. The fourth-order valence-electron chi connectivity index (χ4n) is 1.63. The van der Waals surface area contributed by atoms with Crippen molar-refractivity contribution in [3.8, 4) is 0 Å². The van der Waals surface area contributed by atoms with Crippen LogP contribution in [0, 0.1) is 10.1 Å². The Balaban J connectivity index is 2.27. The molecule has 0 aliphatic carbocycles. The predicted octanol–water partition coefficient (Wildman–Crippen LogP) is 2.86. The summed E-state index contributed by atoms with van der Waals surface area (Å²) in [6, 6.07) is 3.13. The molecule has 6 nitrogen and oxygen atoms in total. The lowest BCUT2D eigenvalue weighted by Gasteiger charge is -2.06. The maximum atomic E-state index is 11.0. The Kier molecular flexibility index (Phi) is 4.40. The van der Waals surface area contributed by atoms with Crippen molar-refractivity contribution < 1.29 is 4.92 Å². The lowest BCUT2D eigenvalue weighted by molar-refractivity contribution is -0.385. The zero-order chi connectivity index (χ0) is 13.7. The average Bonchev–Trinajstić information content (AvgIpc) is 2.89. The van der Waals surface area contributed by atoms with Crippen molar-refractivity contribution in [3.05, 3.63) is 44.5 Å². The van der Waals surface area contributed by atoms with Crippen molar-refractivity contribution in [2.45, 2.75) is 19.8 Å². The highest BCUT2D eigenvalue weighted by atomic mass is 32.1. The first-order valence-electron chi connectivity index (χ1n) is 5.97. The third-order valence-electron chi connectivity index (χ3n) is 2.51. The lowest BCUT2D eigenvalue weighted by atomic mass is 10.2. The van der Waals surface area contributed by atoms with Crippen molar-refractivity contribution in [1.82, 2.24) is 9.97 Å². The van der Waals surface area contributed by atoms with E-state index in [4.69, 9.17) is 0 Å². The van der Waals surface area contributed by atoms with Gasteiger partial charge in [0.2, 0.25) is 0 Å². The molecule has 2 aromatic rings. The van der Waals surface area contributed by atoms with Crippen LogP contribution in [0.15, 0.2) is 23.7 Å². The van der Waals surface area contributed by atoms with Gasteiger partial charge in [0.1, 0.15) is 11.5 Å². The molecule has 0 radical (unpaired) electrons. The second kappa shape index (κ2) is 6.24. The SMILES string of the molecule is CCCNc1ccc([N+](=O)[O-])c(Cc2nccs2)n1. The monoisotopic (exact) mass is 278 g/mol. The quantitative estimate of drug-likeness (QED) is 0.649. The van der Waals surface area contributed by atoms with Crippen LogP contribution < -0.4 is 5.32 Å². The van der Waals surface area contributed by atoms with Gasteiger partial charge < -0.3 is 5.32 Å². The lowest BCUT2D eigenvalue weighted by Crippen LogP contribution is -2.06. The van der Waals surface area contributed by atoms with Crippen LogP contribution in [0.5, 0.6) is 0 Å². The molecular weight excluding hydrogens is 264 g/mol. The third-order valence-corrected chi connectivity index (χ3v) is 3.28. The molecule has 2 aromatic heterocycles. The molecule has 0 spiro atoms. The molecule has 0 atom stereocenters. The number of nitrogens with one attached hydrogen (secondary N) is 1.